The number of carbonyl (C=O) groups excluding carboxylic acids is 1. The first kappa shape index (κ1) is 13.8. The van der Waals surface area contributed by atoms with Gasteiger partial charge >= 0.3 is 0 Å². The maximum Gasteiger partial charge on any atom is 0.223 e. The van der Waals surface area contributed by atoms with Gasteiger partial charge < -0.3 is 5.32 Å². The van der Waals surface area contributed by atoms with E-state index < -0.39 is 0 Å². The number of hydrogen-bond donors (Lipinski definition) is 1. The van der Waals surface area contributed by atoms with E-state index in [2.05, 4.69) is 15.4 Å². The minimum atomic E-state index is 0.203. The van der Waals surface area contributed by atoms with Gasteiger partial charge in [0.15, 0.2) is 0 Å². The van der Waals surface area contributed by atoms with E-state index in [1.165, 1.54) is 12.8 Å². The highest BCUT2D eigenvalue weighted by molar-refractivity contribution is 5.78. The van der Waals surface area contributed by atoms with Crippen LogP contribution in [0.3, 0.4) is 0 Å². The zero-order valence-electron chi connectivity index (χ0n) is 12.0. The van der Waals surface area contributed by atoms with Gasteiger partial charge in [0.25, 0.3) is 0 Å². The quantitative estimate of drug-likeness (QED) is 0.916. The monoisotopic (exact) mass is 284 g/mol. The lowest BCUT2D eigenvalue weighted by Crippen LogP contribution is -2.32. The Morgan fingerprint density at radius 1 is 1.24 bits per heavy atom. The first-order valence-electron chi connectivity index (χ1n) is 7.54. The van der Waals surface area contributed by atoms with Crippen LogP contribution in [-0.2, 0) is 11.3 Å². The molecule has 0 bridgehead atoms. The lowest BCUT2D eigenvalue weighted by atomic mass is 10.1. The van der Waals surface area contributed by atoms with Crippen molar-refractivity contribution in [3.8, 4) is 11.3 Å². The molecule has 1 aliphatic rings. The molecule has 1 aliphatic carbocycles. The molecule has 1 N–H and O–H groups in total. The summed E-state index contributed by atoms with van der Waals surface area (Å²) < 4.78 is 1.87. The summed E-state index contributed by atoms with van der Waals surface area (Å²) in [5.74, 6) is 0.434. The second kappa shape index (κ2) is 6.52. The van der Waals surface area contributed by atoms with Crippen molar-refractivity contribution in [2.45, 2.75) is 32.2 Å². The number of aromatic nitrogens is 3. The van der Waals surface area contributed by atoms with Gasteiger partial charge in [-0.2, -0.15) is 5.10 Å². The molecule has 3 rings (SSSR count). The van der Waals surface area contributed by atoms with Crippen molar-refractivity contribution in [2.24, 2.45) is 5.92 Å². The van der Waals surface area contributed by atoms with E-state index in [-0.39, 0.29) is 11.8 Å². The van der Waals surface area contributed by atoms with Crippen LogP contribution in [0.2, 0.25) is 0 Å². The van der Waals surface area contributed by atoms with Crippen molar-refractivity contribution >= 4 is 5.91 Å². The van der Waals surface area contributed by atoms with E-state index >= 15 is 0 Å². The number of amides is 1. The highest BCUT2D eigenvalue weighted by Gasteiger charge is 2.21. The lowest BCUT2D eigenvalue weighted by Gasteiger charge is -2.10. The SMILES string of the molecule is O=C(NCCn1ccc(-c2ccncc2)n1)C1CCCC1. The zero-order valence-corrected chi connectivity index (χ0v) is 12.0. The molecular weight excluding hydrogens is 264 g/mol. The molecule has 110 valence electrons. The molecule has 2 aromatic rings. The van der Waals surface area contributed by atoms with Gasteiger partial charge in [-0.15, -0.1) is 0 Å². The molecule has 0 atom stereocenters. The zero-order chi connectivity index (χ0) is 14.5. The van der Waals surface area contributed by atoms with Crippen LogP contribution >= 0.6 is 0 Å². The topological polar surface area (TPSA) is 59.8 Å². The van der Waals surface area contributed by atoms with E-state index in [0.29, 0.717) is 13.1 Å². The van der Waals surface area contributed by atoms with Gasteiger partial charge in [-0.25, -0.2) is 0 Å². The Bertz CT molecular complexity index is 587. The predicted molar refractivity (Wildman–Crippen MR) is 80.4 cm³/mol. The maximum absolute atomic E-state index is 11.9. The van der Waals surface area contributed by atoms with Crippen LogP contribution in [0, 0.1) is 5.92 Å². The van der Waals surface area contributed by atoms with Crippen molar-refractivity contribution in [3.05, 3.63) is 36.8 Å². The van der Waals surface area contributed by atoms with E-state index in [1.54, 1.807) is 12.4 Å². The molecule has 0 aliphatic heterocycles. The smallest absolute Gasteiger partial charge is 0.223 e. The Balaban J connectivity index is 1.50. The molecular formula is C16H20N4O. The van der Waals surface area contributed by atoms with Crippen LogP contribution < -0.4 is 5.32 Å². The van der Waals surface area contributed by atoms with Gasteiger partial charge in [-0.3, -0.25) is 14.5 Å². The summed E-state index contributed by atoms with van der Waals surface area (Å²) in [6, 6.07) is 5.86. The van der Waals surface area contributed by atoms with Crippen molar-refractivity contribution in [2.75, 3.05) is 6.54 Å². The van der Waals surface area contributed by atoms with Crippen LogP contribution in [-0.4, -0.2) is 27.2 Å². The molecule has 0 aromatic carbocycles. The molecule has 1 amide bonds. The van der Waals surface area contributed by atoms with Crippen LogP contribution in [0.5, 0.6) is 0 Å². The minimum absolute atomic E-state index is 0.203. The Hall–Kier alpha value is -2.17. The minimum Gasteiger partial charge on any atom is -0.354 e. The summed E-state index contributed by atoms with van der Waals surface area (Å²) in [5.41, 5.74) is 1.98. The molecule has 0 unspecified atom stereocenters. The molecule has 2 aromatic heterocycles. The Morgan fingerprint density at radius 3 is 2.76 bits per heavy atom. The molecule has 1 saturated carbocycles. The predicted octanol–water partition coefficient (Wildman–Crippen LogP) is 2.25. The molecule has 1 fully saturated rings. The first-order chi connectivity index (χ1) is 10.3. The number of carbonyl (C=O) groups is 1. The largest absolute Gasteiger partial charge is 0.354 e. The second-order valence-corrected chi connectivity index (χ2v) is 5.47. The van der Waals surface area contributed by atoms with Crippen molar-refractivity contribution in [3.63, 3.8) is 0 Å². The molecule has 0 spiro atoms. The fraction of sp³-hybridized carbons (Fsp3) is 0.438. The van der Waals surface area contributed by atoms with Crippen LogP contribution in [0.15, 0.2) is 36.8 Å². The first-order valence-corrected chi connectivity index (χ1v) is 7.54. The summed E-state index contributed by atoms with van der Waals surface area (Å²) in [5, 5.41) is 7.52. The van der Waals surface area contributed by atoms with Gasteiger partial charge in [0.2, 0.25) is 5.91 Å². The van der Waals surface area contributed by atoms with E-state index in [4.69, 9.17) is 0 Å². The normalized spacial score (nSPS) is 15.2. The molecule has 5 nitrogen and oxygen atoms in total. The van der Waals surface area contributed by atoms with Crippen LogP contribution in [0.1, 0.15) is 25.7 Å². The Kier molecular flexibility index (Phi) is 4.28. The summed E-state index contributed by atoms with van der Waals surface area (Å²) in [6.07, 6.45) is 9.92. The summed E-state index contributed by atoms with van der Waals surface area (Å²) >= 11 is 0. The van der Waals surface area contributed by atoms with Gasteiger partial charge in [0.1, 0.15) is 0 Å². The lowest BCUT2D eigenvalue weighted by molar-refractivity contribution is -0.124. The number of nitrogens with one attached hydrogen (secondary N) is 1. The van der Waals surface area contributed by atoms with Gasteiger partial charge in [-0.1, -0.05) is 12.8 Å². The molecule has 21 heavy (non-hydrogen) atoms. The van der Waals surface area contributed by atoms with Crippen LogP contribution in [0.4, 0.5) is 0 Å². The molecule has 5 heteroatoms. The van der Waals surface area contributed by atoms with Crippen molar-refractivity contribution in [1.82, 2.24) is 20.1 Å². The third kappa shape index (κ3) is 3.48. The average Bonchev–Trinajstić information content (AvgIpc) is 3.20. The maximum atomic E-state index is 11.9. The molecule has 2 heterocycles. The van der Waals surface area contributed by atoms with Crippen molar-refractivity contribution in [1.29, 1.82) is 0 Å². The molecule has 0 radical (unpaired) electrons. The summed E-state index contributed by atoms with van der Waals surface area (Å²) in [7, 11) is 0. The van der Waals surface area contributed by atoms with E-state index in [1.807, 2.05) is 29.1 Å². The number of hydrogen-bond acceptors (Lipinski definition) is 3. The average molecular weight is 284 g/mol. The Labute approximate surface area is 124 Å². The standard InChI is InChI=1S/C16H20N4O/c21-16(14-3-1-2-4-14)18-10-12-20-11-7-15(19-20)13-5-8-17-9-6-13/h5-9,11,14H,1-4,10,12H2,(H,18,21). The van der Waals surface area contributed by atoms with Crippen LogP contribution in [0.25, 0.3) is 11.3 Å². The fourth-order valence-corrected chi connectivity index (χ4v) is 2.79. The Morgan fingerprint density at radius 2 is 2.00 bits per heavy atom. The number of nitrogens with zero attached hydrogens (tertiary/aromatic N) is 3. The van der Waals surface area contributed by atoms with Crippen molar-refractivity contribution < 1.29 is 4.79 Å². The van der Waals surface area contributed by atoms with Gasteiger partial charge in [0.05, 0.1) is 12.2 Å². The third-order valence-corrected chi connectivity index (χ3v) is 3.98. The summed E-state index contributed by atoms with van der Waals surface area (Å²) in [6.45, 7) is 1.33. The second-order valence-electron chi connectivity index (χ2n) is 5.47. The molecule has 0 saturated heterocycles. The highest BCUT2D eigenvalue weighted by Crippen LogP contribution is 2.24. The number of rotatable bonds is 5. The van der Waals surface area contributed by atoms with E-state index in [9.17, 15) is 4.79 Å². The van der Waals surface area contributed by atoms with Gasteiger partial charge in [0, 0.05) is 36.6 Å². The highest BCUT2D eigenvalue weighted by atomic mass is 16.1. The fourth-order valence-electron chi connectivity index (χ4n) is 2.79. The van der Waals surface area contributed by atoms with E-state index in [0.717, 1.165) is 24.1 Å². The third-order valence-electron chi connectivity index (χ3n) is 3.98. The number of pyridine rings is 1. The summed E-state index contributed by atoms with van der Waals surface area (Å²) in [4.78, 5) is 15.9. The van der Waals surface area contributed by atoms with Gasteiger partial charge in [-0.05, 0) is 31.0 Å².